The highest BCUT2D eigenvalue weighted by Gasteiger charge is 2.20. The molecule has 21 heavy (non-hydrogen) atoms. The molecule has 0 spiro atoms. The minimum atomic E-state index is -1.09. The zero-order valence-electron chi connectivity index (χ0n) is 12.3. The van der Waals surface area contributed by atoms with Gasteiger partial charge in [0.15, 0.2) is 5.69 Å². The molecule has 1 aromatic carbocycles. The molecule has 0 aliphatic heterocycles. The predicted octanol–water partition coefficient (Wildman–Crippen LogP) is 2.67. The molecule has 0 atom stereocenters. The zero-order chi connectivity index (χ0) is 15.6. The van der Waals surface area contributed by atoms with Crippen LogP contribution >= 0.6 is 0 Å². The molecule has 0 bridgehead atoms. The SMILES string of the molecule is Cc1ccc(F)cc1Cn1nnc(C(=O)O)c1CC(C)C. The number of carboxylic acids is 1. The van der Waals surface area contributed by atoms with E-state index in [2.05, 4.69) is 10.3 Å². The number of hydrogen-bond donors (Lipinski definition) is 1. The Labute approximate surface area is 122 Å². The van der Waals surface area contributed by atoms with Gasteiger partial charge in [0.05, 0.1) is 12.2 Å². The van der Waals surface area contributed by atoms with Gasteiger partial charge in [-0.1, -0.05) is 25.1 Å². The number of benzene rings is 1. The Kier molecular flexibility index (Phi) is 4.35. The van der Waals surface area contributed by atoms with E-state index >= 15 is 0 Å². The van der Waals surface area contributed by atoms with Gasteiger partial charge < -0.3 is 5.11 Å². The number of aryl methyl sites for hydroxylation is 1. The second-order valence-electron chi connectivity index (χ2n) is 5.52. The number of hydrogen-bond acceptors (Lipinski definition) is 3. The normalized spacial score (nSPS) is 11.1. The smallest absolute Gasteiger partial charge is 0.358 e. The van der Waals surface area contributed by atoms with Crippen molar-refractivity contribution in [2.24, 2.45) is 5.92 Å². The van der Waals surface area contributed by atoms with E-state index in [1.807, 2.05) is 20.8 Å². The highest BCUT2D eigenvalue weighted by molar-refractivity contribution is 5.86. The fourth-order valence-electron chi connectivity index (χ4n) is 2.19. The molecule has 2 rings (SSSR count). The summed E-state index contributed by atoms with van der Waals surface area (Å²) in [5.74, 6) is -1.14. The Morgan fingerprint density at radius 1 is 1.43 bits per heavy atom. The van der Waals surface area contributed by atoms with Crippen molar-refractivity contribution in [3.05, 3.63) is 46.5 Å². The third-order valence-corrected chi connectivity index (χ3v) is 3.27. The van der Waals surface area contributed by atoms with Crippen molar-refractivity contribution in [2.75, 3.05) is 0 Å². The van der Waals surface area contributed by atoms with Crippen LogP contribution in [0.3, 0.4) is 0 Å². The van der Waals surface area contributed by atoms with Gasteiger partial charge in [-0.2, -0.15) is 0 Å². The Hall–Kier alpha value is -2.24. The summed E-state index contributed by atoms with van der Waals surface area (Å²) in [6.07, 6.45) is 0.559. The standard InChI is InChI=1S/C15H18FN3O2/c1-9(2)6-13-14(15(20)21)17-18-19(13)8-11-7-12(16)5-4-10(11)3/h4-5,7,9H,6,8H2,1-3H3,(H,20,21). The summed E-state index contributed by atoms with van der Waals surface area (Å²) < 4.78 is 14.9. The largest absolute Gasteiger partial charge is 0.476 e. The van der Waals surface area contributed by atoms with E-state index < -0.39 is 5.97 Å². The maximum atomic E-state index is 13.4. The van der Waals surface area contributed by atoms with Gasteiger partial charge in [-0.05, 0) is 42.5 Å². The molecule has 6 heteroatoms. The summed E-state index contributed by atoms with van der Waals surface area (Å²) >= 11 is 0. The Morgan fingerprint density at radius 3 is 2.76 bits per heavy atom. The van der Waals surface area contributed by atoms with Crippen LogP contribution in [-0.4, -0.2) is 26.1 Å². The summed E-state index contributed by atoms with van der Waals surface area (Å²) in [7, 11) is 0. The summed E-state index contributed by atoms with van der Waals surface area (Å²) in [5.41, 5.74) is 2.24. The van der Waals surface area contributed by atoms with Gasteiger partial charge in [0, 0.05) is 0 Å². The Balaban J connectivity index is 2.39. The molecule has 112 valence electrons. The molecule has 2 aromatic rings. The molecule has 0 saturated carbocycles. The van der Waals surface area contributed by atoms with Gasteiger partial charge in [-0.3, -0.25) is 0 Å². The van der Waals surface area contributed by atoms with E-state index in [1.54, 1.807) is 10.7 Å². The molecule has 0 saturated heterocycles. The van der Waals surface area contributed by atoms with Crippen LogP contribution in [0.2, 0.25) is 0 Å². The van der Waals surface area contributed by atoms with Gasteiger partial charge in [0.2, 0.25) is 0 Å². The van der Waals surface area contributed by atoms with Crippen molar-refractivity contribution >= 4 is 5.97 Å². The zero-order valence-corrected chi connectivity index (χ0v) is 12.3. The lowest BCUT2D eigenvalue weighted by molar-refractivity contribution is 0.0689. The highest BCUT2D eigenvalue weighted by atomic mass is 19.1. The van der Waals surface area contributed by atoms with Crippen LogP contribution in [0.15, 0.2) is 18.2 Å². The van der Waals surface area contributed by atoms with Gasteiger partial charge in [0.1, 0.15) is 5.82 Å². The van der Waals surface area contributed by atoms with Crippen LogP contribution in [0, 0.1) is 18.7 Å². The molecule has 0 amide bonds. The van der Waals surface area contributed by atoms with Gasteiger partial charge in [-0.15, -0.1) is 5.10 Å². The maximum Gasteiger partial charge on any atom is 0.358 e. The van der Waals surface area contributed by atoms with Crippen molar-refractivity contribution in [3.63, 3.8) is 0 Å². The molecule has 1 N–H and O–H groups in total. The quantitative estimate of drug-likeness (QED) is 0.919. The number of halogens is 1. The molecule has 0 unspecified atom stereocenters. The van der Waals surface area contributed by atoms with Crippen LogP contribution in [0.5, 0.6) is 0 Å². The lowest BCUT2D eigenvalue weighted by atomic mass is 10.1. The molecule has 0 fully saturated rings. The van der Waals surface area contributed by atoms with E-state index in [9.17, 15) is 14.3 Å². The third-order valence-electron chi connectivity index (χ3n) is 3.27. The molecule has 1 heterocycles. The molecule has 1 aromatic heterocycles. The van der Waals surface area contributed by atoms with E-state index in [0.717, 1.165) is 11.1 Å². The first-order chi connectivity index (χ1) is 9.88. The Morgan fingerprint density at radius 2 is 2.14 bits per heavy atom. The van der Waals surface area contributed by atoms with Crippen molar-refractivity contribution < 1.29 is 14.3 Å². The number of rotatable bonds is 5. The fraction of sp³-hybridized carbons (Fsp3) is 0.400. The van der Waals surface area contributed by atoms with E-state index in [-0.39, 0.29) is 17.4 Å². The van der Waals surface area contributed by atoms with Crippen LogP contribution in [-0.2, 0) is 13.0 Å². The van der Waals surface area contributed by atoms with Crippen LogP contribution < -0.4 is 0 Å². The minimum absolute atomic E-state index is 0.0299. The molecular formula is C15H18FN3O2. The maximum absolute atomic E-state index is 13.4. The Bertz CT molecular complexity index is 665. The second kappa shape index (κ2) is 6.03. The third kappa shape index (κ3) is 3.45. The summed E-state index contributed by atoms with van der Waals surface area (Å²) in [6.45, 7) is 6.19. The number of nitrogens with zero attached hydrogens (tertiary/aromatic N) is 3. The molecule has 0 radical (unpaired) electrons. The summed E-state index contributed by atoms with van der Waals surface area (Å²) in [4.78, 5) is 11.2. The highest BCUT2D eigenvalue weighted by Crippen LogP contribution is 2.16. The number of aromatic nitrogens is 3. The topological polar surface area (TPSA) is 68.0 Å². The van der Waals surface area contributed by atoms with Gasteiger partial charge in [0.25, 0.3) is 0 Å². The molecule has 0 aliphatic carbocycles. The number of carboxylic acid groups (broad SMARTS) is 1. The summed E-state index contributed by atoms with van der Waals surface area (Å²) in [6, 6.07) is 4.54. The average Bonchev–Trinajstić information content (AvgIpc) is 2.76. The first kappa shape index (κ1) is 15.2. The predicted molar refractivity (Wildman–Crippen MR) is 75.8 cm³/mol. The van der Waals surface area contributed by atoms with Gasteiger partial charge in [-0.25, -0.2) is 13.9 Å². The first-order valence-electron chi connectivity index (χ1n) is 6.79. The van der Waals surface area contributed by atoms with E-state index in [4.69, 9.17) is 0 Å². The van der Waals surface area contributed by atoms with Crippen LogP contribution in [0.1, 0.15) is 41.2 Å². The first-order valence-corrected chi connectivity index (χ1v) is 6.79. The number of carbonyl (C=O) groups is 1. The van der Waals surface area contributed by atoms with Crippen molar-refractivity contribution in [3.8, 4) is 0 Å². The van der Waals surface area contributed by atoms with Gasteiger partial charge >= 0.3 is 5.97 Å². The summed E-state index contributed by atoms with van der Waals surface area (Å²) in [5, 5.41) is 16.8. The monoisotopic (exact) mass is 291 g/mol. The van der Waals surface area contributed by atoms with E-state index in [0.29, 0.717) is 18.7 Å². The van der Waals surface area contributed by atoms with Crippen molar-refractivity contribution in [2.45, 2.75) is 33.7 Å². The van der Waals surface area contributed by atoms with Crippen LogP contribution in [0.4, 0.5) is 4.39 Å². The van der Waals surface area contributed by atoms with E-state index in [1.165, 1.54) is 12.1 Å². The van der Waals surface area contributed by atoms with Crippen molar-refractivity contribution in [1.82, 2.24) is 15.0 Å². The minimum Gasteiger partial charge on any atom is -0.476 e. The average molecular weight is 291 g/mol. The molecule has 5 nitrogen and oxygen atoms in total. The molecular weight excluding hydrogens is 273 g/mol. The number of aromatic carboxylic acids is 1. The lowest BCUT2D eigenvalue weighted by Crippen LogP contribution is -2.12. The fourth-order valence-corrected chi connectivity index (χ4v) is 2.19. The van der Waals surface area contributed by atoms with Crippen LogP contribution in [0.25, 0.3) is 0 Å². The van der Waals surface area contributed by atoms with Crippen molar-refractivity contribution in [1.29, 1.82) is 0 Å². The second-order valence-corrected chi connectivity index (χ2v) is 5.52. The molecule has 0 aliphatic rings. The lowest BCUT2D eigenvalue weighted by Gasteiger charge is -2.11.